The minimum Gasteiger partial charge on any atom is -0.381 e. The molecule has 0 saturated heterocycles. The Morgan fingerprint density at radius 1 is 1.50 bits per heavy atom. The van der Waals surface area contributed by atoms with Crippen molar-refractivity contribution in [2.45, 2.75) is 6.43 Å². The maximum atomic E-state index is 12.6. The fourth-order valence-corrected chi connectivity index (χ4v) is 1.28. The van der Waals surface area contributed by atoms with Gasteiger partial charge in [0.1, 0.15) is 5.69 Å². The topological polar surface area (TPSA) is 38.9 Å². The van der Waals surface area contributed by atoms with Crippen molar-refractivity contribution in [3.8, 4) is 0 Å². The van der Waals surface area contributed by atoms with Crippen LogP contribution < -0.4 is 5.73 Å². The predicted octanol–water partition coefficient (Wildman–Crippen LogP) is 2.35. The van der Waals surface area contributed by atoms with Crippen molar-refractivity contribution in [3.63, 3.8) is 0 Å². The Morgan fingerprint density at radius 3 is 2.58 bits per heavy atom. The molecule has 0 fully saturated rings. The molecule has 0 bridgehead atoms. The second-order valence-corrected chi connectivity index (χ2v) is 3.19. The van der Waals surface area contributed by atoms with Gasteiger partial charge in [0.05, 0.1) is 0 Å². The predicted molar refractivity (Wildman–Crippen MR) is 46.3 cm³/mol. The number of pyridine rings is 1. The van der Waals surface area contributed by atoms with Crippen LogP contribution in [-0.2, 0) is 0 Å². The van der Waals surface area contributed by atoms with E-state index in [1.54, 1.807) is 22.6 Å². The highest BCUT2D eigenvalue weighted by molar-refractivity contribution is 14.1. The Balaban J connectivity index is 3.23. The second-order valence-electron chi connectivity index (χ2n) is 2.02. The minimum atomic E-state index is -2.72. The van der Waals surface area contributed by atoms with Gasteiger partial charge in [-0.05, 0) is 28.7 Å². The summed E-state index contributed by atoms with van der Waals surface area (Å²) in [4.78, 5) is 3.22. The van der Waals surface area contributed by atoms with E-state index >= 15 is 0 Å². The smallest absolute Gasteiger partial charge is 0.281 e. The Hall–Kier alpha value is -0.530. The number of nitrogens with zero attached hydrogens (tertiary/aromatic N) is 1. The Kier molecular flexibility index (Phi) is 2.76. The summed E-state index contributed by atoms with van der Waals surface area (Å²) in [5.74, 6) is -1.27. The minimum absolute atomic E-state index is 0.0781. The molecule has 0 radical (unpaired) electrons. The lowest BCUT2D eigenvalue weighted by atomic mass is 10.3. The number of alkyl halides is 2. The number of hydrogen-bond donors (Lipinski definition) is 1. The van der Waals surface area contributed by atoms with Gasteiger partial charge in [-0.3, -0.25) is 0 Å². The molecule has 0 spiro atoms. The number of nitrogen functional groups attached to an aromatic ring is 1. The van der Waals surface area contributed by atoms with Crippen molar-refractivity contribution >= 4 is 28.4 Å². The van der Waals surface area contributed by atoms with Gasteiger partial charge in [-0.1, -0.05) is 0 Å². The summed E-state index contributed by atoms with van der Waals surface area (Å²) in [7, 11) is 0. The van der Waals surface area contributed by atoms with E-state index in [1.165, 1.54) is 0 Å². The number of hydrogen-bond acceptors (Lipinski definition) is 2. The number of aromatic nitrogens is 1. The van der Waals surface area contributed by atoms with Crippen LogP contribution >= 0.6 is 22.6 Å². The van der Waals surface area contributed by atoms with E-state index in [9.17, 15) is 13.2 Å². The third-order valence-corrected chi connectivity index (χ3v) is 2.05. The molecule has 1 rings (SSSR count). The largest absolute Gasteiger partial charge is 0.381 e. The molecule has 12 heavy (non-hydrogen) atoms. The van der Waals surface area contributed by atoms with Gasteiger partial charge in [-0.25, -0.2) is 18.2 Å². The van der Waals surface area contributed by atoms with E-state index in [0.717, 1.165) is 6.07 Å². The van der Waals surface area contributed by atoms with Gasteiger partial charge < -0.3 is 5.73 Å². The summed E-state index contributed by atoms with van der Waals surface area (Å²) in [6, 6.07) is 0.935. The molecule has 0 unspecified atom stereocenters. The van der Waals surface area contributed by atoms with Crippen molar-refractivity contribution in [3.05, 3.63) is 21.1 Å². The van der Waals surface area contributed by atoms with Crippen molar-refractivity contribution in [1.29, 1.82) is 0 Å². The first-order chi connectivity index (χ1) is 5.52. The van der Waals surface area contributed by atoms with Crippen molar-refractivity contribution in [2.75, 3.05) is 5.73 Å². The van der Waals surface area contributed by atoms with Crippen LogP contribution in [0.2, 0.25) is 0 Å². The first-order valence-electron chi connectivity index (χ1n) is 2.92. The summed E-state index contributed by atoms with van der Waals surface area (Å²) >= 11 is 1.58. The number of nitrogens with two attached hydrogens (primary N) is 1. The molecule has 1 heterocycles. The number of anilines is 1. The third-order valence-electron chi connectivity index (χ3n) is 1.19. The maximum Gasteiger partial charge on any atom is 0.281 e. The van der Waals surface area contributed by atoms with Crippen LogP contribution in [0, 0.1) is 9.39 Å². The van der Waals surface area contributed by atoms with Gasteiger partial charge in [-0.2, -0.15) is 0 Å². The van der Waals surface area contributed by atoms with Crippen molar-refractivity contribution in [2.24, 2.45) is 0 Å². The maximum absolute atomic E-state index is 12.6. The average Bonchev–Trinajstić information content (AvgIpc) is 1.96. The SMILES string of the molecule is Nc1nc(C(F)F)c(I)cc1F. The zero-order chi connectivity index (χ0) is 9.30. The molecule has 66 valence electrons. The summed E-state index contributed by atoms with van der Waals surface area (Å²) in [6.07, 6.45) is -2.72. The normalized spacial score (nSPS) is 10.8. The van der Waals surface area contributed by atoms with Crippen LogP contribution in [0.3, 0.4) is 0 Å². The molecule has 6 heteroatoms. The number of halogens is 4. The molecule has 0 aliphatic heterocycles. The van der Waals surface area contributed by atoms with E-state index in [-0.39, 0.29) is 3.57 Å². The van der Waals surface area contributed by atoms with Crippen molar-refractivity contribution in [1.82, 2.24) is 4.98 Å². The molecule has 2 N–H and O–H groups in total. The molecule has 0 saturated carbocycles. The summed E-state index contributed by atoms with van der Waals surface area (Å²) < 4.78 is 36.9. The summed E-state index contributed by atoms with van der Waals surface area (Å²) in [5.41, 5.74) is 4.53. The van der Waals surface area contributed by atoms with Gasteiger partial charge in [0, 0.05) is 3.57 Å². The van der Waals surface area contributed by atoms with E-state index in [0.29, 0.717) is 0 Å². The lowest BCUT2D eigenvalue weighted by Crippen LogP contribution is -2.02. The van der Waals surface area contributed by atoms with E-state index < -0.39 is 23.8 Å². The van der Waals surface area contributed by atoms with Crippen LogP contribution in [-0.4, -0.2) is 4.98 Å². The van der Waals surface area contributed by atoms with Crippen LogP contribution in [0.1, 0.15) is 12.1 Å². The number of rotatable bonds is 1. The molecule has 2 nitrogen and oxygen atoms in total. The summed E-state index contributed by atoms with van der Waals surface area (Å²) in [5, 5.41) is 0. The molecule has 1 aromatic heterocycles. The third kappa shape index (κ3) is 1.79. The monoisotopic (exact) mass is 288 g/mol. The first kappa shape index (κ1) is 9.56. The van der Waals surface area contributed by atoms with E-state index in [1.807, 2.05) is 0 Å². The van der Waals surface area contributed by atoms with E-state index in [4.69, 9.17) is 5.73 Å². The van der Waals surface area contributed by atoms with Gasteiger partial charge in [0.25, 0.3) is 6.43 Å². The fourth-order valence-electron chi connectivity index (χ4n) is 0.649. The lowest BCUT2D eigenvalue weighted by molar-refractivity contribution is 0.145. The molecule has 0 aliphatic rings. The Labute approximate surface area is 80.1 Å². The zero-order valence-electron chi connectivity index (χ0n) is 5.69. The second kappa shape index (κ2) is 3.46. The fraction of sp³-hybridized carbons (Fsp3) is 0.167. The highest BCUT2D eigenvalue weighted by Crippen LogP contribution is 2.24. The summed E-state index contributed by atoms with van der Waals surface area (Å²) in [6.45, 7) is 0. The van der Waals surface area contributed by atoms with Crippen LogP contribution in [0.4, 0.5) is 19.0 Å². The van der Waals surface area contributed by atoms with Gasteiger partial charge in [0.2, 0.25) is 0 Å². The molecule has 0 aliphatic carbocycles. The van der Waals surface area contributed by atoms with Gasteiger partial charge >= 0.3 is 0 Å². The van der Waals surface area contributed by atoms with Gasteiger partial charge in [-0.15, -0.1) is 0 Å². The molecular formula is C6H4F3IN2. The molecule has 0 aromatic carbocycles. The first-order valence-corrected chi connectivity index (χ1v) is 4.00. The highest BCUT2D eigenvalue weighted by atomic mass is 127. The highest BCUT2D eigenvalue weighted by Gasteiger charge is 2.15. The Bertz CT molecular complexity index is 303. The average molecular weight is 288 g/mol. The lowest BCUT2D eigenvalue weighted by Gasteiger charge is -2.03. The van der Waals surface area contributed by atoms with Crippen molar-refractivity contribution < 1.29 is 13.2 Å². The molecule has 0 atom stereocenters. The molecule has 0 amide bonds. The van der Waals surface area contributed by atoms with Crippen LogP contribution in [0.5, 0.6) is 0 Å². The van der Waals surface area contributed by atoms with E-state index in [2.05, 4.69) is 4.98 Å². The zero-order valence-corrected chi connectivity index (χ0v) is 7.85. The van der Waals surface area contributed by atoms with Crippen LogP contribution in [0.25, 0.3) is 0 Å². The Morgan fingerprint density at radius 2 is 2.08 bits per heavy atom. The van der Waals surface area contributed by atoms with Gasteiger partial charge in [0.15, 0.2) is 11.6 Å². The quantitative estimate of drug-likeness (QED) is 0.806. The molecule has 1 aromatic rings. The van der Waals surface area contributed by atoms with Crippen LogP contribution in [0.15, 0.2) is 6.07 Å². The molecular weight excluding hydrogens is 284 g/mol. The standard InChI is InChI=1S/C6H4F3IN2/c7-2-1-3(10)4(5(8)9)12-6(2)11/h1,5H,(H2,11,12).